The molecule has 96 valence electrons. The topological polar surface area (TPSA) is 64.3 Å². The van der Waals surface area contributed by atoms with Crippen molar-refractivity contribution < 1.29 is 9.53 Å². The van der Waals surface area contributed by atoms with Crippen LogP contribution >= 0.6 is 0 Å². The Bertz CT molecular complexity index is 174. The minimum Gasteiger partial charge on any atom is -0.380 e. The first-order valence-electron chi connectivity index (χ1n) is 6.31. The van der Waals surface area contributed by atoms with E-state index in [1.807, 2.05) is 0 Å². The van der Waals surface area contributed by atoms with Gasteiger partial charge >= 0.3 is 0 Å². The number of amides is 1. The zero-order chi connectivity index (χ0) is 12.2. The largest absolute Gasteiger partial charge is 0.380 e. The molecule has 0 spiro atoms. The van der Waals surface area contributed by atoms with Crippen LogP contribution in [0.2, 0.25) is 0 Å². The van der Waals surface area contributed by atoms with Crippen LogP contribution < -0.4 is 11.1 Å². The molecule has 0 bridgehead atoms. The van der Waals surface area contributed by atoms with Gasteiger partial charge in [-0.25, -0.2) is 0 Å². The molecule has 0 radical (unpaired) electrons. The van der Waals surface area contributed by atoms with Crippen molar-refractivity contribution in [2.75, 3.05) is 26.3 Å². The minimum atomic E-state index is -0.0411. The first-order chi connectivity index (χ1) is 7.76. The number of carbonyl (C=O) groups excluding carboxylic acids is 1. The molecule has 0 aliphatic rings. The van der Waals surface area contributed by atoms with Gasteiger partial charge in [-0.3, -0.25) is 4.79 Å². The molecule has 0 aliphatic carbocycles. The summed E-state index contributed by atoms with van der Waals surface area (Å²) in [7, 11) is 0. The number of unbranched alkanes of at least 4 members (excludes halogenated alkanes) is 1. The van der Waals surface area contributed by atoms with E-state index >= 15 is 0 Å². The lowest BCUT2D eigenvalue weighted by molar-refractivity contribution is -0.125. The molecule has 1 unspecified atom stereocenters. The van der Waals surface area contributed by atoms with Crippen LogP contribution in [-0.4, -0.2) is 32.2 Å². The normalized spacial score (nSPS) is 12.4. The van der Waals surface area contributed by atoms with Crippen LogP contribution in [0.15, 0.2) is 0 Å². The second-order valence-electron chi connectivity index (χ2n) is 3.98. The molecule has 1 amide bonds. The number of rotatable bonds is 10. The summed E-state index contributed by atoms with van der Waals surface area (Å²) in [6, 6.07) is 0. The fourth-order valence-electron chi connectivity index (χ4n) is 1.44. The number of carbonyl (C=O) groups is 1. The maximum atomic E-state index is 11.6. The summed E-state index contributed by atoms with van der Waals surface area (Å²) in [5.41, 5.74) is 5.54. The summed E-state index contributed by atoms with van der Waals surface area (Å²) in [6.07, 6.45) is 4.06. The molecule has 0 aromatic heterocycles. The second kappa shape index (κ2) is 10.9. The fraction of sp³-hybridized carbons (Fsp3) is 0.917. The van der Waals surface area contributed by atoms with Gasteiger partial charge in [-0.1, -0.05) is 26.7 Å². The van der Waals surface area contributed by atoms with E-state index in [0.717, 1.165) is 32.3 Å². The Labute approximate surface area is 98.9 Å². The van der Waals surface area contributed by atoms with E-state index in [2.05, 4.69) is 19.2 Å². The molecule has 3 N–H and O–H groups in total. The molecule has 0 aliphatic heterocycles. The molecule has 0 saturated heterocycles. The lowest BCUT2D eigenvalue weighted by Crippen LogP contribution is -2.36. The zero-order valence-electron chi connectivity index (χ0n) is 10.6. The lowest BCUT2D eigenvalue weighted by Gasteiger charge is -2.13. The van der Waals surface area contributed by atoms with Crippen molar-refractivity contribution >= 4 is 5.91 Å². The zero-order valence-corrected chi connectivity index (χ0v) is 10.6. The van der Waals surface area contributed by atoms with Crippen molar-refractivity contribution in [1.29, 1.82) is 0 Å². The highest BCUT2D eigenvalue weighted by atomic mass is 16.5. The minimum absolute atomic E-state index is 0.0411. The van der Waals surface area contributed by atoms with Crippen molar-refractivity contribution in [1.82, 2.24) is 5.32 Å². The maximum Gasteiger partial charge on any atom is 0.224 e. The van der Waals surface area contributed by atoms with E-state index in [4.69, 9.17) is 10.5 Å². The Hall–Kier alpha value is -0.610. The summed E-state index contributed by atoms with van der Waals surface area (Å²) in [4.78, 5) is 11.6. The summed E-state index contributed by atoms with van der Waals surface area (Å²) >= 11 is 0. The van der Waals surface area contributed by atoms with Crippen LogP contribution in [-0.2, 0) is 9.53 Å². The quantitative estimate of drug-likeness (QED) is 0.556. The molecule has 0 aromatic rings. The van der Waals surface area contributed by atoms with Gasteiger partial charge in [-0.05, 0) is 12.8 Å². The smallest absolute Gasteiger partial charge is 0.224 e. The molecule has 4 heteroatoms. The highest BCUT2D eigenvalue weighted by molar-refractivity contribution is 5.78. The predicted molar refractivity (Wildman–Crippen MR) is 66.2 cm³/mol. The summed E-state index contributed by atoms with van der Waals surface area (Å²) in [5.74, 6) is 0.0177. The van der Waals surface area contributed by atoms with Crippen LogP contribution in [0.3, 0.4) is 0 Å². The van der Waals surface area contributed by atoms with E-state index < -0.39 is 0 Å². The number of hydrogen-bond acceptors (Lipinski definition) is 3. The van der Waals surface area contributed by atoms with E-state index in [1.165, 1.54) is 0 Å². The summed E-state index contributed by atoms with van der Waals surface area (Å²) in [6.45, 7) is 6.57. The lowest BCUT2D eigenvalue weighted by atomic mass is 10.0. The molecule has 4 nitrogen and oxygen atoms in total. The molecule has 0 saturated carbocycles. The van der Waals surface area contributed by atoms with Gasteiger partial charge in [-0.15, -0.1) is 0 Å². The number of ether oxygens (including phenoxy) is 1. The monoisotopic (exact) mass is 230 g/mol. The van der Waals surface area contributed by atoms with E-state index in [-0.39, 0.29) is 11.8 Å². The molecule has 1 atom stereocenters. The van der Waals surface area contributed by atoms with Gasteiger partial charge < -0.3 is 15.8 Å². The second-order valence-corrected chi connectivity index (χ2v) is 3.98. The highest BCUT2D eigenvalue weighted by Crippen LogP contribution is 2.03. The Morgan fingerprint density at radius 1 is 1.31 bits per heavy atom. The summed E-state index contributed by atoms with van der Waals surface area (Å²) < 4.78 is 5.35. The number of nitrogens with one attached hydrogen (secondary N) is 1. The van der Waals surface area contributed by atoms with Gasteiger partial charge in [0.2, 0.25) is 5.91 Å². The number of nitrogens with two attached hydrogens (primary N) is 1. The summed E-state index contributed by atoms with van der Waals surface area (Å²) in [5, 5.41) is 2.85. The third kappa shape index (κ3) is 7.65. The molecule has 0 aromatic carbocycles. The first-order valence-corrected chi connectivity index (χ1v) is 6.31. The predicted octanol–water partition coefficient (Wildman–Crippen LogP) is 1.29. The third-order valence-electron chi connectivity index (χ3n) is 2.48. The van der Waals surface area contributed by atoms with Crippen LogP contribution in [0.5, 0.6) is 0 Å². The molecule has 0 fully saturated rings. The van der Waals surface area contributed by atoms with Crippen molar-refractivity contribution in [2.45, 2.75) is 39.5 Å². The van der Waals surface area contributed by atoms with E-state index in [9.17, 15) is 4.79 Å². The highest BCUT2D eigenvalue weighted by Gasteiger charge is 2.14. The van der Waals surface area contributed by atoms with Gasteiger partial charge in [0.25, 0.3) is 0 Å². The standard InChI is InChI=1S/C12H26N2O2/c1-3-5-8-16-9-7-14-12(15)11(10-13)6-4-2/h11H,3-10,13H2,1-2H3,(H,14,15). The molecular formula is C12H26N2O2. The average Bonchev–Trinajstić information content (AvgIpc) is 2.30. The molecule has 0 heterocycles. The van der Waals surface area contributed by atoms with Gasteiger partial charge in [0.1, 0.15) is 0 Å². The Morgan fingerprint density at radius 2 is 2.06 bits per heavy atom. The molecule has 0 rings (SSSR count). The van der Waals surface area contributed by atoms with Gasteiger partial charge in [0.15, 0.2) is 0 Å². The van der Waals surface area contributed by atoms with Crippen LogP contribution in [0.4, 0.5) is 0 Å². The van der Waals surface area contributed by atoms with Gasteiger partial charge in [0, 0.05) is 19.7 Å². The van der Waals surface area contributed by atoms with Crippen LogP contribution in [0, 0.1) is 5.92 Å². The Balaban J connectivity index is 3.47. The van der Waals surface area contributed by atoms with Crippen molar-refractivity contribution in [3.8, 4) is 0 Å². The average molecular weight is 230 g/mol. The Kier molecular flexibility index (Phi) is 10.5. The van der Waals surface area contributed by atoms with Crippen molar-refractivity contribution in [2.24, 2.45) is 11.7 Å². The van der Waals surface area contributed by atoms with Crippen LogP contribution in [0.25, 0.3) is 0 Å². The van der Waals surface area contributed by atoms with Crippen LogP contribution in [0.1, 0.15) is 39.5 Å². The van der Waals surface area contributed by atoms with E-state index in [1.54, 1.807) is 0 Å². The number of hydrogen-bond donors (Lipinski definition) is 2. The maximum absolute atomic E-state index is 11.6. The van der Waals surface area contributed by atoms with Gasteiger partial charge in [0.05, 0.1) is 12.5 Å². The Morgan fingerprint density at radius 3 is 2.62 bits per heavy atom. The fourth-order valence-corrected chi connectivity index (χ4v) is 1.44. The van der Waals surface area contributed by atoms with Crippen molar-refractivity contribution in [3.05, 3.63) is 0 Å². The third-order valence-corrected chi connectivity index (χ3v) is 2.48. The first kappa shape index (κ1) is 15.4. The molecular weight excluding hydrogens is 204 g/mol. The SMILES string of the molecule is CCCCOCCNC(=O)C(CN)CCC. The van der Waals surface area contributed by atoms with Crippen molar-refractivity contribution in [3.63, 3.8) is 0 Å². The van der Waals surface area contributed by atoms with E-state index in [0.29, 0.717) is 19.7 Å². The molecule has 16 heavy (non-hydrogen) atoms. The van der Waals surface area contributed by atoms with Gasteiger partial charge in [-0.2, -0.15) is 0 Å².